The number of carboxylic acid groups (broad SMARTS) is 1. The highest BCUT2D eigenvalue weighted by molar-refractivity contribution is 9.10. The van der Waals surface area contributed by atoms with Crippen LogP contribution >= 0.6 is 27.5 Å². The maximum absolute atomic E-state index is 13.7. The van der Waals surface area contributed by atoms with Crippen LogP contribution in [-0.2, 0) is 6.61 Å². The molecule has 0 spiro atoms. The molecule has 20 heavy (non-hydrogen) atoms. The minimum absolute atomic E-state index is 0.00257. The summed E-state index contributed by atoms with van der Waals surface area (Å²) in [5.74, 6) is -1.13. The van der Waals surface area contributed by atoms with Gasteiger partial charge in [0.25, 0.3) is 0 Å². The summed E-state index contributed by atoms with van der Waals surface area (Å²) in [5.41, 5.74) is 0.463. The highest BCUT2D eigenvalue weighted by Crippen LogP contribution is 2.27. The molecule has 0 radical (unpaired) electrons. The molecule has 2 aromatic rings. The number of carboxylic acids is 1. The topological polar surface area (TPSA) is 46.5 Å². The maximum atomic E-state index is 13.7. The normalized spacial score (nSPS) is 10.3. The van der Waals surface area contributed by atoms with E-state index in [1.807, 2.05) is 0 Å². The van der Waals surface area contributed by atoms with Crippen LogP contribution in [0, 0.1) is 5.82 Å². The molecule has 0 fully saturated rings. The molecule has 0 amide bonds. The van der Waals surface area contributed by atoms with E-state index in [1.54, 1.807) is 12.1 Å². The maximum Gasteiger partial charge on any atom is 0.335 e. The van der Waals surface area contributed by atoms with Crippen molar-refractivity contribution in [3.05, 3.63) is 62.8 Å². The van der Waals surface area contributed by atoms with Gasteiger partial charge in [0.15, 0.2) is 0 Å². The molecule has 0 aliphatic carbocycles. The smallest absolute Gasteiger partial charge is 0.335 e. The first-order valence-corrected chi connectivity index (χ1v) is 6.74. The molecule has 104 valence electrons. The van der Waals surface area contributed by atoms with Crippen LogP contribution in [-0.4, -0.2) is 11.1 Å². The van der Waals surface area contributed by atoms with Crippen LogP contribution < -0.4 is 4.74 Å². The number of hydrogen-bond acceptors (Lipinski definition) is 2. The summed E-state index contributed by atoms with van der Waals surface area (Å²) in [6.07, 6.45) is 0. The van der Waals surface area contributed by atoms with Crippen molar-refractivity contribution in [2.24, 2.45) is 0 Å². The molecule has 3 nitrogen and oxygen atoms in total. The third-order valence-corrected chi connectivity index (χ3v) is 3.51. The van der Waals surface area contributed by atoms with E-state index in [9.17, 15) is 9.18 Å². The lowest BCUT2D eigenvalue weighted by molar-refractivity contribution is 0.0696. The monoisotopic (exact) mass is 358 g/mol. The number of benzene rings is 2. The first kappa shape index (κ1) is 14.8. The van der Waals surface area contributed by atoms with Crippen molar-refractivity contribution in [2.45, 2.75) is 6.61 Å². The quantitative estimate of drug-likeness (QED) is 0.873. The largest absolute Gasteiger partial charge is 0.488 e. The van der Waals surface area contributed by atoms with E-state index in [-0.39, 0.29) is 17.2 Å². The Kier molecular flexibility index (Phi) is 4.62. The fraction of sp³-hybridized carbons (Fsp3) is 0.0714. The van der Waals surface area contributed by atoms with Crippen molar-refractivity contribution >= 4 is 33.5 Å². The van der Waals surface area contributed by atoms with E-state index in [0.717, 1.165) is 0 Å². The highest BCUT2D eigenvalue weighted by atomic mass is 79.9. The van der Waals surface area contributed by atoms with Gasteiger partial charge in [-0.3, -0.25) is 0 Å². The predicted molar refractivity (Wildman–Crippen MR) is 76.8 cm³/mol. The number of carbonyl (C=O) groups is 1. The lowest BCUT2D eigenvalue weighted by Crippen LogP contribution is -2.01. The van der Waals surface area contributed by atoms with Gasteiger partial charge in [0.1, 0.15) is 18.2 Å². The first-order valence-electron chi connectivity index (χ1n) is 5.57. The lowest BCUT2D eigenvalue weighted by Gasteiger charge is -2.10. The van der Waals surface area contributed by atoms with Gasteiger partial charge >= 0.3 is 5.97 Å². The second-order valence-corrected chi connectivity index (χ2v) is 5.21. The van der Waals surface area contributed by atoms with E-state index in [1.165, 1.54) is 24.3 Å². The van der Waals surface area contributed by atoms with Crippen molar-refractivity contribution in [2.75, 3.05) is 0 Å². The molecule has 0 aliphatic heterocycles. The molecule has 0 aromatic heterocycles. The number of hydrogen-bond donors (Lipinski definition) is 1. The van der Waals surface area contributed by atoms with E-state index in [4.69, 9.17) is 21.4 Å². The van der Waals surface area contributed by atoms with Gasteiger partial charge in [-0.1, -0.05) is 23.7 Å². The van der Waals surface area contributed by atoms with Crippen LogP contribution in [0.25, 0.3) is 0 Å². The average molecular weight is 360 g/mol. The lowest BCUT2D eigenvalue weighted by atomic mass is 10.2. The third kappa shape index (κ3) is 3.29. The molecule has 0 saturated carbocycles. The first-order chi connectivity index (χ1) is 9.49. The minimum atomic E-state index is -1.03. The van der Waals surface area contributed by atoms with Crippen LogP contribution in [0.5, 0.6) is 5.75 Å². The Bertz CT molecular complexity index is 661. The highest BCUT2D eigenvalue weighted by Gasteiger charge is 2.10. The molecular weight excluding hydrogens is 351 g/mol. The van der Waals surface area contributed by atoms with E-state index in [0.29, 0.717) is 15.8 Å². The Labute approximate surface area is 128 Å². The molecule has 6 heteroatoms. The molecule has 0 bridgehead atoms. The van der Waals surface area contributed by atoms with Crippen molar-refractivity contribution < 1.29 is 19.0 Å². The number of rotatable bonds is 4. The van der Waals surface area contributed by atoms with E-state index in [2.05, 4.69) is 15.9 Å². The predicted octanol–water partition coefficient (Wildman–Crippen LogP) is 4.52. The van der Waals surface area contributed by atoms with Crippen LogP contribution in [0.2, 0.25) is 5.02 Å². The van der Waals surface area contributed by atoms with E-state index >= 15 is 0 Å². The summed E-state index contributed by atoms with van der Waals surface area (Å²) < 4.78 is 19.6. The van der Waals surface area contributed by atoms with Gasteiger partial charge in [0.05, 0.1) is 15.1 Å². The standard InChI is InChI=1S/C14H9BrClFO3/c15-10-6-8(14(18)19)4-5-12(10)20-7-9-2-1-3-11(16)13(9)17/h1-6H,7H2,(H,18,19). The SMILES string of the molecule is O=C(O)c1ccc(OCc2cccc(Cl)c2F)c(Br)c1. The second kappa shape index (κ2) is 6.24. The molecule has 0 unspecified atom stereocenters. The molecule has 0 heterocycles. The summed E-state index contributed by atoms with van der Waals surface area (Å²) >= 11 is 8.89. The molecule has 0 atom stereocenters. The van der Waals surface area contributed by atoms with Gasteiger partial charge in [-0.05, 0) is 40.2 Å². The Hall–Kier alpha value is -1.59. The zero-order valence-corrected chi connectivity index (χ0v) is 12.4. The summed E-state index contributed by atoms with van der Waals surface area (Å²) in [7, 11) is 0. The van der Waals surface area contributed by atoms with Crippen molar-refractivity contribution in [1.29, 1.82) is 0 Å². The fourth-order valence-electron chi connectivity index (χ4n) is 1.57. The third-order valence-electron chi connectivity index (χ3n) is 2.59. The van der Waals surface area contributed by atoms with Crippen molar-refractivity contribution in [3.8, 4) is 5.75 Å². The van der Waals surface area contributed by atoms with Gasteiger partial charge in [0, 0.05) is 5.56 Å². The Morgan fingerprint density at radius 2 is 2.10 bits per heavy atom. The molecular formula is C14H9BrClFO3. The van der Waals surface area contributed by atoms with Gasteiger partial charge < -0.3 is 9.84 Å². The van der Waals surface area contributed by atoms with E-state index < -0.39 is 11.8 Å². The minimum Gasteiger partial charge on any atom is -0.488 e. The molecule has 2 aromatic carbocycles. The fourth-order valence-corrected chi connectivity index (χ4v) is 2.25. The van der Waals surface area contributed by atoms with Gasteiger partial charge in [-0.25, -0.2) is 9.18 Å². The summed E-state index contributed by atoms with van der Waals surface area (Å²) in [4.78, 5) is 10.8. The van der Waals surface area contributed by atoms with Crippen LogP contribution in [0.1, 0.15) is 15.9 Å². The molecule has 2 rings (SSSR count). The average Bonchev–Trinajstić information content (AvgIpc) is 2.41. The molecule has 1 N–H and O–H groups in total. The summed E-state index contributed by atoms with van der Waals surface area (Å²) in [5, 5.41) is 8.88. The number of ether oxygens (including phenoxy) is 1. The Morgan fingerprint density at radius 1 is 1.35 bits per heavy atom. The second-order valence-electron chi connectivity index (χ2n) is 3.95. The summed E-state index contributed by atoms with van der Waals surface area (Å²) in [6.45, 7) is -0.00257. The van der Waals surface area contributed by atoms with Crippen molar-refractivity contribution in [1.82, 2.24) is 0 Å². The van der Waals surface area contributed by atoms with Gasteiger partial charge in [-0.2, -0.15) is 0 Å². The number of aromatic carboxylic acids is 1. The Morgan fingerprint density at radius 3 is 2.75 bits per heavy atom. The zero-order chi connectivity index (χ0) is 14.7. The van der Waals surface area contributed by atoms with Crippen LogP contribution in [0.15, 0.2) is 40.9 Å². The van der Waals surface area contributed by atoms with Crippen molar-refractivity contribution in [3.63, 3.8) is 0 Å². The zero-order valence-electron chi connectivity index (χ0n) is 10.1. The number of halogens is 3. The molecule has 0 saturated heterocycles. The Balaban J connectivity index is 2.15. The van der Waals surface area contributed by atoms with Crippen LogP contribution in [0.4, 0.5) is 4.39 Å². The summed E-state index contributed by atoms with van der Waals surface area (Å²) in [6, 6.07) is 9.00. The van der Waals surface area contributed by atoms with Crippen LogP contribution in [0.3, 0.4) is 0 Å². The molecule has 0 aliphatic rings. The van der Waals surface area contributed by atoms with Gasteiger partial charge in [0.2, 0.25) is 0 Å². The van der Waals surface area contributed by atoms with Gasteiger partial charge in [-0.15, -0.1) is 0 Å².